The van der Waals surface area contributed by atoms with Gasteiger partial charge in [-0.2, -0.15) is 0 Å². The molecule has 0 unspecified atom stereocenters. The molecule has 0 saturated heterocycles. The lowest BCUT2D eigenvalue weighted by Gasteiger charge is -2.19. The van der Waals surface area contributed by atoms with Crippen molar-refractivity contribution in [2.24, 2.45) is 0 Å². The monoisotopic (exact) mass is 288 g/mol. The van der Waals surface area contributed by atoms with Crippen molar-refractivity contribution in [1.29, 1.82) is 0 Å². The first-order valence-electron chi connectivity index (χ1n) is 6.78. The van der Waals surface area contributed by atoms with Crippen LogP contribution >= 0.6 is 0 Å². The minimum absolute atomic E-state index is 0.0563. The number of aromatic nitrogens is 1. The van der Waals surface area contributed by atoms with Crippen molar-refractivity contribution in [2.75, 3.05) is 6.61 Å². The van der Waals surface area contributed by atoms with Crippen LogP contribution in [-0.2, 0) is 0 Å². The van der Waals surface area contributed by atoms with Crippen LogP contribution in [0.25, 0.3) is 0 Å². The van der Waals surface area contributed by atoms with Crippen LogP contribution in [-0.4, -0.2) is 22.6 Å². The van der Waals surface area contributed by atoms with Crippen molar-refractivity contribution >= 4 is 5.91 Å². The second kappa shape index (κ2) is 7.50. The molecule has 2 rings (SSSR count). The highest BCUT2D eigenvalue weighted by Crippen LogP contribution is 2.18. The van der Waals surface area contributed by atoms with Gasteiger partial charge in [-0.1, -0.05) is 30.3 Å². The molecule has 1 aromatic carbocycles. The molecule has 0 aliphatic rings. The number of nitrogens with zero attached hydrogens (tertiary/aromatic N) is 1. The number of rotatable bonds is 6. The number of benzene rings is 1. The first-order chi connectivity index (χ1) is 10.2. The van der Waals surface area contributed by atoms with Gasteiger partial charge >= 0.3 is 0 Å². The largest absolute Gasteiger partial charge is 0.396 e. The average molecular weight is 288 g/mol. The van der Waals surface area contributed by atoms with E-state index in [9.17, 15) is 9.18 Å². The Labute approximate surface area is 122 Å². The molecule has 2 N–H and O–H groups in total. The molecule has 0 spiro atoms. The van der Waals surface area contributed by atoms with Crippen molar-refractivity contribution in [2.45, 2.75) is 18.9 Å². The highest BCUT2D eigenvalue weighted by Gasteiger charge is 2.16. The zero-order valence-electron chi connectivity index (χ0n) is 11.5. The summed E-state index contributed by atoms with van der Waals surface area (Å²) in [5.74, 6) is -0.928. The summed E-state index contributed by atoms with van der Waals surface area (Å²) in [4.78, 5) is 15.8. The maximum atomic E-state index is 13.1. The van der Waals surface area contributed by atoms with E-state index in [-0.39, 0.29) is 24.1 Å². The normalized spacial score (nSPS) is 11.9. The van der Waals surface area contributed by atoms with Crippen molar-refractivity contribution < 1.29 is 14.3 Å². The molecule has 1 atom stereocenters. The molecule has 1 aromatic heterocycles. The van der Waals surface area contributed by atoms with Gasteiger partial charge in [-0.05, 0) is 24.5 Å². The van der Waals surface area contributed by atoms with E-state index in [1.165, 1.54) is 6.20 Å². The summed E-state index contributed by atoms with van der Waals surface area (Å²) < 4.78 is 13.1. The first-order valence-corrected chi connectivity index (χ1v) is 6.78. The van der Waals surface area contributed by atoms with Gasteiger partial charge in [-0.25, -0.2) is 4.39 Å². The molecular weight excluding hydrogens is 271 g/mol. The number of hydrogen-bond donors (Lipinski definition) is 2. The predicted molar refractivity (Wildman–Crippen MR) is 77.2 cm³/mol. The number of hydrogen-bond acceptors (Lipinski definition) is 3. The summed E-state index contributed by atoms with van der Waals surface area (Å²) in [5.41, 5.74) is 1.13. The molecule has 0 aliphatic heterocycles. The molecule has 1 amide bonds. The number of carbonyl (C=O) groups excluding carboxylic acids is 1. The van der Waals surface area contributed by atoms with Crippen molar-refractivity contribution in [3.63, 3.8) is 0 Å². The Morgan fingerprint density at radius 1 is 1.29 bits per heavy atom. The molecule has 0 radical (unpaired) electrons. The van der Waals surface area contributed by atoms with Crippen LogP contribution in [0.15, 0.2) is 48.8 Å². The zero-order valence-corrected chi connectivity index (χ0v) is 11.5. The Balaban J connectivity index is 2.13. The SMILES string of the molecule is O=C(N[C@@H](CCCO)c1ccccc1)c1cncc(F)c1. The maximum Gasteiger partial charge on any atom is 0.253 e. The zero-order chi connectivity index (χ0) is 15.1. The molecule has 2 aromatic rings. The van der Waals surface area contributed by atoms with Gasteiger partial charge in [0.25, 0.3) is 5.91 Å². The van der Waals surface area contributed by atoms with Gasteiger partial charge in [0, 0.05) is 12.8 Å². The number of aliphatic hydroxyl groups is 1. The van der Waals surface area contributed by atoms with Gasteiger partial charge in [-0.15, -0.1) is 0 Å². The molecule has 0 aliphatic carbocycles. The third-order valence-electron chi connectivity index (χ3n) is 3.13. The van der Waals surface area contributed by atoms with E-state index in [4.69, 9.17) is 5.11 Å². The maximum absolute atomic E-state index is 13.1. The summed E-state index contributed by atoms with van der Waals surface area (Å²) in [7, 11) is 0. The van der Waals surface area contributed by atoms with Crippen molar-refractivity contribution in [1.82, 2.24) is 10.3 Å². The van der Waals surface area contributed by atoms with Crippen LogP contribution in [0, 0.1) is 5.82 Å². The molecule has 0 fully saturated rings. The van der Waals surface area contributed by atoms with E-state index in [0.29, 0.717) is 12.8 Å². The summed E-state index contributed by atoms with van der Waals surface area (Å²) in [6.07, 6.45) is 3.56. The number of nitrogens with one attached hydrogen (secondary N) is 1. The van der Waals surface area contributed by atoms with Crippen LogP contribution in [0.1, 0.15) is 34.8 Å². The number of halogens is 1. The Morgan fingerprint density at radius 2 is 2.05 bits per heavy atom. The molecule has 5 heteroatoms. The third kappa shape index (κ3) is 4.36. The van der Waals surface area contributed by atoms with Gasteiger partial charge in [0.15, 0.2) is 0 Å². The molecule has 0 bridgehead atoms. The van der Waals surface area contributed by atoms with Crippen LogP contribution in [0.3, 0.4) is 0 Å². The molecule has 110 valence electrons. The minimum Gasteiger partial charge on any atom is -0.396 e. The summed E-state index contributed by atoms with van der Waals surface area (Å²) in [6.45, 7) is 0.0563. The summed E-state index contributed by atoms with van der Waals surface area (Å²) in [5, 5.41) is 11.8. The fraction of sp³-hybridized carbons (Fsp3) is 0.250. The van der Waals surface area contributed by atoms with E-state index in [1.54, 1.807) is 0 Å². The Kier molecular flexibility index (Phi) is 5.40. The lowest BCUT2D eigenvalue weighted by molar-refractivity contribution is 0.0931. The number of pyridine rings is 1. The highest BCUT2D eigenvalue weighted by atomic mass is 19.1. The van der Waals surface area contributed by atoms with E-state index < -0.39 is 5.82 Å². The lowest BCUT2D eigenvalue weighted by Crippen LogP contribution is -2.29. The Hall–Kier alpha value is -2.27. The summed E-state index contributed by atoms with van der Waals surface area (Å²) >= 11 is 0. The van der Waals surface area contributed by atoms with Crippen LogP contribution in [0.5, 0.6) is 0 Å². The van der Waals surface area contributed by atoms with Crippen LogP contribution in [0.4, 0.5) is 4.39 Å². The number of aliphatic hydroxyl groups excluding tert-OH is 1. The lowest BCUT2D eigenvalue weighted by atomic mass is 10.0. The minimum atomic E-state index is -0.547. The fourth-order valence-corrected chi connectivity index (χ4v) is 2.08. The fourth-order valence-electron chi connectivity index (χ4n) is 2.08. The van der Waals surface area contributed by atoms with Crippen molar-refractivity contribution in [3.8, 4) is 0 Å². The van der Waals surface area contributed by atoms with Gasteiger partial charge in [0.1, 0.15) is 5.82 Å². The first kappa shape index (κ1) is 15.1. The van der Waals surface area contributed by atoms with Crippen molar-refractivity contribution in [3.05, 3.63) is 65.7 Å². The predicted octanol–water partition coefficient (Wildman–Crippen LogP) is 2.46. The molecule has 21 heavy (non-hydrogen) atoms. The average Bonchev–Trinajstić information content (AvgIpc) is 2.52. The number of carbonyl (C=O) groups is 1. The standard InChI is InChI=1S/C16H17FN2O2/c17-14-9-13(10-18-11-14)16(21)19-15(7-4-8-20)12-5-2-1-3-6-12/h1-3,5-6,9-11,15,20H,4,7-8H2,(H,19,21)/t15-/m0/s1. The third-order valence-corrected chi connectivity index (χ3v) is 3.13. The Bertz CT molecular complexity index is 590. The van der Waals surface area contributed by atoms with Crippen LogP contribution in [0.2, 0.25) is 0 Å². The van der Waals surface area contributed by atoms with E-state index >= 15 is 0 Å². The van der Waals surface area contributed by atoms with E-state index in [1.807, 2.05) is 30.3 Å². The van der Waals surface area contributed by atoms with Crippen LogP contribution < -0.4 is 5.32 Å². The second-order valence-electron chi connectivity index (χ2n) is 4.69. The van der Waals surface area contributed by atoms with E-state index in [2.05, 4.69) is 10.3 Å². The molecule has 0 saturated carbocycles. The molecule has 1 heterocycles. The quantitative estimate of drug-likeness (QED) is 0.858. The number of amides is 1. The smallest absolute Gasteiger partial charge is 0.253 e. The Morgan fingerprint density at radius 3 is 2.71 bits per heavy atom. The topological polar surface area (TPSA) is 62.2 Å². The van der Waals surface area contributed by atoms with Gasteiger partial charge < -0.3 is 10.4 Å². The van der Waals surface area contributed by atoms with Gasteiger partial charge in [-0.3, -0.25) is 9.78 Å². The molecule has 4 nitrogen and oxygen atoms in total. The van der Waals surface area contributed by atoms with E-state index in [0.717, 1.165) is 17.8 Å². The van der Waals surface area contributed by atoms with Gasteiger partial charge in [0.2, 0.25) is 0 Å². The second-order valence-corrected chi connectivity index (χ2v) is 4.69. The van der Waals surface area contributed by atoms with Gasteiger partial charge in [0.05, 0.1) is 17.8 Å². The highest BCUT2D eigenvalue weighted by molar-refractivity contribution is 5.94. The summed E-state index contributed by atoms with van der Waals surface area (Å²) in [6, 6.07) is 10.4. The molecular formula is C16H17FN2O2.